The fourth-order valence-electron chi connectivity index (χ4n) is 1.50. The van der Waals surface area contributed by atoms with E-state index in [0.29, 0.717) is 17.1 Å². The topological polar surface area (TPSA) is 73.1 Å². The lowest BCUT2D eigenvalue weighted by atomic mass is 10.2. The Morgan fingerprint density at radius 3 is 2.89 bits per heavy atom. The number of halogens is 1. The van der Waals surface area contributed by atoms with E-state index in [2.05, 4.69) is 31.4 Å². The van der Waals surface area contributed by atoms with Crippen LogP contribution in [0.25, 0.3) is 0 Å². The minimum atomic E-state index is 0.265. The molecule has 0 aliphatic carbocycles. The fraction of sp³-hybridized carbons (Fsp3) is 0.0833. The standard InChI is InChI=1S/C12H11BrN4OS/c1-18-10-6-7(2-3-9(10)13)16-12-8(11(14)19)4-5-15-17-12/h2-6H,1H3,(H2,14,19)(H,16,17). The SMILES string of the molecule is COc1cc(Nc2nnccc2C(N)=S)ccc1Br. The number of ether oxygens (including phenoxy) is 1. The van der Waals surface area contributed by atoms with E-state index < -0.39 is 0 Å². The number of nitrogens with two attached hydrogens (primary N) is 1. The summed E-state index contributed by atoms with van der Waals surface area (Å²) in [5, 5.41) is 10.9. The highest BCUT2D eigenvalue weighted by atomic mass is 79.9. The van der Waals surface area contributed by atoms with Crippen LogP contribution in [0, 0.1) is 0 Å². The number of benzene rings is 1. The molecule has 0 saturated heterocycles. The number of rotatable bonds is 4. The molecule has 98 valence electrons. The Bertz CT molecular complexity index is 620. The maximum Gasteiger partial charge on any atom is 0.163 e. The number of nitrogens with zero attached hydrogens (tertiary/aromatic N) is 2. The van der Waals surface area contributed by atoms with Crippen molar-refractivity contribution in [1.82, 2.24) is 10.2 Å². The zero-order valence-electron chi connectivity index (χ0n) is 10.1. The molecule has 7 heteroatoms. The third-order valence-electron chi connectivity index (χ3n) is 2.40. The summed E-state index contributed by atoms with van der Waals surface area (Å²) < 4.78 is 6.10. The van der Waals surface area contributed by atoms with Crippen molar-refractivity contribution in [1.29, 1.82) is 0 Å². The summed E-state index contributed by atoms with van der Waals surface area (Å²) in [6.07, 6.45) is 1.54. The molecule has 1 aromatic carbocycles. The first-order chi connectivity index (χ1) is 9.11. The molecule has 0 atom stereocenters. The van der Waals surface area contributed by atoms with Gasteiger partial charge in [0.05, 0.1) is 23.3 Å². The highest BCUT2D eigenvalue weighted by Gasteiger charge is 2.08. The van der Waals surface area contributed by atoms with Gasteiger partial charge in [0.1, 0.15) is 10.7 Å². The van der Waals surface area contributed by atoms with Gasteiger partial charge in [-0.25, -0.2) is 0 Å². The molecule has 0 spiro atoms. The molecule has 0 fully saturated rings. The second-order valence-corrected chi connectivity index (χ2v) is 4.93. The van der Waals surface area contributed by atoms with Gasteiger partial charge in [-0.1, -0.05) is 12.2 Å². The number of nitrogens with one attached hydrogen (secondary N) is 1. The lowest BCUT2D eigenvalue weighted by Crippen LogP contribution is -2.13. The van der Waals surface area contributed by atoms with E-state index in [0.717, 1.165) is 10.2 Å². The molecule has 3 N–H and O–H groups in total. The van der Waals surface area contributed by atoms with Gasteiger partial charge in [0.25, 0.3) is 0 Å². The van der Waals surface area contributed by atoms with Crippen LogP contribution < -0.4 is 15.8 Å². The molecule has 1 heterocycles. The van der Waals surface area contributed by atoms with E-state index in [4.69, 9.17) is 22.7 Å². The van der Waals surface area contributed by atoms with E-state index in [1.807, 2.05) is 18.2 Å². The largest absolute Gasteiger partial charge is 0.495 e. The van der Waals surface area contributed by atoms with Crippen molar-refractivity contribution in [3.8, 4) is 5.75 Å². The summed E-state index contributed by atoms with van der Waals surface area (Å²) in [4.78, 5) is 0.265. The molecule has 0 aliphatic rings. The third kappa shape index (κ3) is 3.18. The Hall–Kier alpha value is -1.73. The summed E-state index contributed by atoms with van der Waals surface area (Å²) in [7, 11) is 1.60. The second-order valence-electron chi connectivity index (χ2n) is 3.63. The van der Waals surface area contributed by atoms with Gasteiger partial charge in [-0.15, -0.1) is 5.10 Å². The van der Waals surface area contributed by atoms with E-state index >= 15 is 0 Å². The average molecular weight is 339 g/mol. The predicted octanol–water partition coefficient (Wildman–Crippen LogP) is 2.63. The number of aromatic nitrogens is 2. The maximum absolute atomic E-state index is 5.64. The molecule has 0 unspecified atom stereocenters. The van der Waals surface area contributed by atoms with Crippen LogP contribution in [0.3, 0.4) is 0 Å². The quantitative estimate of drug-likeness (QED) is 0.835. The summed E-state index contributed by atoms with van der Waals surface area (Å²) in [5.74, 6) is 1.23. The van der Waals surface area contributed by atoms with Crippen LogP contribution in [0.1, 0.15) is 5.56 Å². The van der Waals surface area contributed by atoms with Crippen molar-refractivity contribution in [2.45, 2.75) is 0 Å². The minimum Gasteiger partial charge on any atom is -0.495 e. The lowest BCUT2D eigenvalue weighted by molar-refractivity contribution is 0.412. The van der Waals surface area contributed by atoms with Gasteiger partial charge in [-0.2, -0.15) is 5.10 Å². The Morgan fingerprint density at radius 1 is 1.42 bits per heavy atom. The maximum atomic E-state index is 5.64. The van der Waals surface area contributed by atoms with Gasteiger partial charge in [-0.05, 0) is 34.1 Å². The first-order valence-electron chi connectivity index (χ1n) is 5.34. The van der Waals surface area contributed by atoms with Crippen LogP contribution in [0.15, 0.2) is 34.9 Å². The number of hydrogen-bond acceptors (Lipinski definition) is 5. The molecular formula is C12H11BrN4OS. The molecule has 19 heavy (non-hydrogen) atoms. The van der Waals surface area contributed by atoms with E-state index in [1.54, 1.807) is 19.4 Å². The van der Waals surface area contributed by atoms with Gasteiger partial charge in [-0.3, -0.25) is 0 Å². The summed E-state index contributed by atoms with van der Waals surface area (Å²) in [6, 6.07) is 7.30. The van der Waals surface area contributed by atoms with Crippen LogP contribution in [0.2, 0.25) is 0 Å². The first-order valence-corrected chi connectivity index (χ1v) is 6.54. The molecule has 2 rings (SSSR count). The van der Waals surface area contributed by atoms with Crippen molar-refractivity contribution >= 4 is 44.6 Å². The molecule has 5 nitrogen and oxygen atoms in total. The van der Waals surface area contributed by atoms with Gasteiger partial charge in [0.2, 0.25) is 0 Å². The molecule has 1 aromatic heterocycles. The minimum absolute atomic E-state index is 0.265. The molecule has 0 aliphatic heterocycles. The van der Waals surface area contributed by atoms with Gasteiger partial charge in [0, 0.05) is 11.8 Å². The van der Waals surface area contributed by atoms with Crippen molar-refractivity contribution in [2.75, 3.05) is 12.4 Å². The van der Waals surface area contributed by atoms with Crippen molar-refractivity contribution < 1.29 is 4.74 Å². The van der Waals surface area contributed by atoms with Crippen molar-refractivity contribution in [3.05, 3.63) is 40.5 Å². The summed E-state index contributed by atoms with van der Waals surface area (Å²) >= 11 is 8.37. The van der Waals surface area contributed by atoms with Crippen LogP contribution in [0.5, 0.6) is 5.75 Å². The summed E-state index contributed by atoms with van der Waals surface area (Å²) in [5.41, 5.74) is 7.09. The van der Waals surface area contributed by atoms with Gasteiger partial charge in [0.15, 0.2) is 5.82 Å². The van der Waals surface area contributed by atoms with Crippen LogP contribution >= 0.6 is 28.1 Å². The zero-order valence-corrected chi connectivity index (χ0v) is 12.5. The Balaban J connectivity index is 2.34. The average Bonchev–Trinajstić information content (AvgIpc) is 2.41. The fourth-order valence-corrected chi connectivity index (χ4v) is 2.07. The zero-order chi connectivity index (χ0) is 13.8. The van der Waals surface area contributed by atoms with E-state index in [1.165, 1.54) is 0 Å². The van der Waals surface area contributed by atoms with Crippen LogP contribution in [0.4, 0.5) is 11.5 Å². The van der Waals surface area contributed by atoms with Crippen LogP contribution in [-0.4, -0.2) is 22.3 Å². The predicted molar refractivity (Wildman–Crippen MR) is 81.9 cm³/mol. The lowest BCUT2D eigenvalue weighted by Gasteiger charge is -2.10. The monoisotopic (exact) mass is 338 g/mol. The molecule has 0 bridgehead atoms. The number of hydrogen-bond donors (Lipinski definition) is 2. The first kappa shape index (κ1) is 13.7. The number of anilines is 2. The molecule has 2 aromatic rings. The number of thiocarbonyl (C=S) groups is 1. The molecule has 0 saturated carbocycles. The summed E-state index contributed by atoms with van der Waals surface area (Å²) in [6.45, 7) is 0. The molecule has 0 radical (unpaired) electrons. The molecular weight excluding hydrogens is 328 g/mol. The van der Waals surface area contributed by atoms with Crippen molar-refractivity contribution in [2.24, 2.45) is 5.73 Å². The van der Waals surface area contributed by atoms with Gasteiger partial charge >= 0.3 is 0 Å². The van der Waals surface area contributed by atoms with E-state index in [9.17, 15) is 0 Å². The van der Waals surface area contributed by atoms with Crippen molar-refractivity contribution in [3.63, 3.8) is 0 Å². The number of methoxy groups -OCH3 is 1. The highest BCUT2D eigenvalue weighted by Crippen LogP contribution is 2.29. The Labute approximate surface area is 124 Å². The Morgan fingerprint density at radius 2 is 2.21 bits per heavy atom. The van der Waals surface area contributed by atoms with E-state index in [-0.39, 0.29) is 4.99 Å². The Kier molecular flexibility index (Phi) is 4.28. The third-order valence-corrected chi connectivity index (χ3v) is 3.28. The van der Waals surface area contributed by atoms with Crippen LogP contribution in [-0.2, 0) is 0 Å². The second kappa shape index (κ2) is 5.94. The smallest absolute Gasteiger partial charge is 0.163 e. The molecule has 0 amide bonds. The normalized spacial score (nSPS) is 10.0. The highest BCUT2D eigenvalue weighted by molar-refractivity contribution is 9.10. The van der Waals surface area contributed by atoms with Gasteiger partial charge < -0.3 is 15.8 Å².